The highest BCUT2D eigenvalue weighted by Gasteiger charge is 2.68. The topological polar surface area (TPSA) is 0 Å². The van der Waals surface area contributed by atoms with Gasteiger partial charge in [-0.1, -0.05) is 20.8 Å². The SMILES string of the molecule is CCC1(C(F)(F)F)CC1CC(C)C. The van der Waals surface area contributed by atoms with Crippen LogP contribution in [-0.4, -0.2) is 6.18 Å². The summed E-state index contributed by atoms with van der Waals surface area (Å²) in [5.41, 5.74) is -1.32. The average Bonchev–Trinajstić information content (AvgIpc) is 2.60. The predicted octanol–water partition coefficient (Wildman–Crippen LogP) is 4.01. The van der Waals surface area contributed by atoms with Gasteiger partial charge < -0.3 is 0 Å². The molecule has 78 valence electrons. The van der Waals surface area contributed by atoms with E-state index >= 15 is 0 Å². The van der Waals surface area contributed by atoms with E-state index in [0.29, 0.717) is 18.8 Å². The van der Waals surface area contributed by atoms with Crippen LogP contribution < -0.4 is 0 Å². The van der Waals surface area contributed by atoms with E-state index in [-0.39, 0.29) is 12.3 Å². The molecule has 1 rings (SSSR count). The van der Waals surface area contributed by atoms with Gasteiger partial charge in [0.15, 0.2) is 0 Å². The number of hydrogen-bond donors (Lipinski definition) is 0. The average molecular weight is 194 g/mol. The van der Waals surface area contributed by atoms with Crippen LogP contribution in [0.5, 0.6) is 0 Å². The van der Waals surface area contributed by atoms with Gasteiger partial charge in [0.2, 0.25) is 0 Å². The second kappa shape index (κ2) is 3.18. The molecule has 0 spiro atoms. The Morgan fingerprint density at radius 1 is 1.38 bits per heavy atom. The molecule has 1 aliphatic rings. The van der Waals surface area contributed by atoms with Crippen LogP contribution in [0.15, 0.2) is 0 Å². The van der Waals surface area contributed by atoms with E-state index in [1.165, 1.54) is 0 Å². The maximum absolute atomic E-state index is 12.6. The molecule has 2 atom stereocenters. The lowest BCUT2D eigenvalue weighted by atomic mass is 9.95. The van der Waals surface area contributed by atoms with Gasteiger partial charge in [0.05, 0.1) is 5.41 Å². The minimum Gasteiger partial charge on any atom is -0.170 e. The van der Waals surface area contributed by atoms with Gasteiger partial charge in [0.25, 0.3) is 0 Å². The summed E-state index contributed by atoms with van der Waals surface area (Å²) >= 11 is 0. The first-order chi connectivity index (χ1) is 5.83. The Kier molecular flexibility index (Phi) is 2.65. The van der Waals surface area contributed by atoms with Gasteiger partial charge in [-0.25, -0.2) is 0 Å². The van der Waals surface area contributed by atoms with Crippen molar-refractivity contribution in [1.82, 2.24) is 0 Å². The van der Waals surface area contributed by atoms with E-state index in [0.717, 1.165) is 0 Å². The van der Waals surface area contributed by atoms with E-state index in [4.69, 9.17) is 0 Å². The monoisotopic (exact) mass is 194 g/mol. The minimum atomic E-state index is -3.98. The van der Waals surface area contributed by atoms with Crippen molar-refractivity contribution in [3.8, 4) is 0 Å². The smallest absolute Gasteiger partial charge is 0.170 e. The van der Waals surface area contributed by atoms with Crippen LogP contribution in [-0.2, 0) is 0 Å². The molecule has 13 heavy (non-hydrogen) atoms. The maximum Gasteiger partial charge on any atom is 0.394 e. The zero-order chi connectivity index (χ0) is 10.3. The quantitative estimate of drug-likeness (QED) is 0.636. The van der Waals surface area contributed by atoms with Crippen LogP contribution in [0.3, 0.4) is 0 Å². The lowest BCUT2D eigenvalue weighted by molar-refractivity contribution is -0.193. The van der Waals surface area contributed by atoms with E-state index in [1.807, 2.05) is 13.8 Å². The first kappa shape index (κ1) is 10.9. The second-order valence-electron chi connectivity index (χ2n) is 4.54. The molecule has 1 fully saturated rings. The van der Waals surface area contributed by atoms with Crippen molar-refractivity contribution >= 4 is 0 Å². The molecule has 0 N–H and O–H groups in total. The first-order valence-corrected chi connectivity index (χ1v) is 4.90. The lowest BCUT2D eigenvalue weighted by Gasteiger charge is -2.19. The summed E-state index contributed by atoms with van der Waals surface area (Å²) < 4.78 is 37.8. The van der Waals surface area contributed by atoms with Crippen molar-refractivity contribution in [2.75, 3.05) is 0 Å². The number of hydrogen-bond acceptors (Lipinski definition) is 0. The van der Waals surface area contributed by atoms with Gasteiger partial charge in [-0.15, -0.1) is 0 Å². The molecule has 3 heteroatoms. The summed E-state index contributed by atoms with van der Waals surface area (Å²) in [7, 11) is 0. The van der Waals surface area contributed by atoms with Crippen LogP contribution in [0.1, 0.15) is 40.0 Å². The standard InChI is InChI=1S/C10H17F3/c1-4-9(10(11,12)13)6-8(9)5-7(2)3/h7-8H,4-6H2,1-3H3. The van der Waals surface area contributed by atoms with Crippen molar-refractivity contribution in [3.05, 3.63) is 0 Å². The van der Waals surface area contributed by atoms with Crippen molar-refractivity contribution in [2.45, 2.75) is 46.2 Å². The summed E-state index contributed by atoms with van der Waals surface area (Å²) in [5, 5.41) is 0. The third kappa shape index (κ3) is 1.84. The fraction of sp³-hybridized carbons (Fsp3) is 1.00. The molecule has 0 nitrogen and oxygen atoms in total. The summed E-state index contributed by atoms with van der Waals surface area (Å²) in [5.74, 6) is 0.262. The number of alkyl halides is 3. The van der Waals surface area contributed by atoms with Gasteiger partial charge in [-0.2, -0.15) is 13.2 Å². The Balaban J connectivity index is 2.59. The van der Waals surface area contributed by atoms with Crippen LogP contribution in [0, 0.1) is 17.3 Å². The largest absolute Gasteiger partial charge is 0.394 e. The molecule has 0 aromatic carbocycles. The minimum absolute atomic E-state index is 0.113. The van der Waals surface area contributed by atoms with Gasteiger partial charge >= 0.3 is 6.18 Å². The van der Waals surface area contributed by atoms with Crippen molar-refractivity contribution in [1.29, 1.82) is 0 Å². The zero-order valence-electron chi connectivity index (χ0n) is 8.41. The normalized spacial score (nSPS) is 33.9. The molecular formula is C10H17F3. The van der Waals surface area contributed by atoms with Crippen LogP contribution in [0.25, 0.3) is 0 Å². The first-order valence-electron chi connectivity index (χ1n) is 4.90. The predicted molar refractivity (Wildman–Crippen MR) is 46.3 cm³/mol. The number of rotatable bonds is 3. The Labute approximate surface area is 77.5 Å². The van der Waals surface area contributed by atoms with Gasteiger partial charge in [0, 0.05) is 0 Å². The molecule has 0 radical (unpaired) electrons. The fourth-order valence-corrected chi connectivity index (χ4v) is 2.24. The third-order valence-electron chi connectivity index (χ3n) is 3.18. The fourth-order valence-electron chi connectivity index (χ4n) is 2.24. The Morgan fingerprint density at radius 2 is 1.92 bits per heavy atom. The molecule has 0 saturated heterocycles. The third-order valence-corrected chi connectivity index (χ3v) is 3.18. The highest BCUT2D eigenvalue weighted by atomic mass is 19.4. The second-order valence-corrected chi connectivity index (χ2v) is 4.54. The van der Waals surface area contributed by atoms with Gasteiger partial charge in [-0.3, -0.25) is 0 Å². The van der Waals surface area contributed by atoms with Crippen LogP contribution in [0.4, 0.5) is 13.2 Å². The zero-order valence-corrected chi connectivity index (χ0v) is 8.41. The Hall–Kier alpha value is -0.210. The highest BCUT2D eigenvalue weighted by Crippen LogP contribution is 2.66. The summed E-state index contributed by atoms with van der Waals surface area (Å²) in [4.78, 5) is 0. The van der Waals surface area contributed by atoms with E-state index in [2.05, 4.69) is 0 Å². The van der Waals surface area contributed by atoms with Crippen LogP contribution in [0.2, 0.25) is 0 Å². The summed E-state index contributed by atoms with van der Waals surface area (Å²) in [6.07, 6.45) is -2.67. The lowest BCUT2D eigenvalue weighted by Crippen LogP contribution is -2.26. The summed E-state index contributed by atoms with van der Waals surface area (Å²) in [6, 6.07) is 0. The summed E-state index contributed by atoms with van der Waals surface area (Å²) in [6.45, 7) is 5.61. The molecule has 1 saturated carbocycles. The highest BCUT2D eigenvalue weighted by molar-refractivity contribution is 5.06. The molecular weight excluding hydrogens is 177 g/mol. The van der Waals surface area contributed by atoms with Gasteiger partial charge in [0.1, 0.15) is 0 Å². The maximum atomic E-state index is 12.6. The molecule has 0 amide bonds. The van der Waals surface area contributed by atoms with Gasteiger partial charge in [-0.05, 0) is 31.1 Å². The molecule has 2 unspecified atom stereocenters. The van der Waals surface area contributed by atoms with E-state index < -0.39 is 11.6 Å². The van der Waals surface area contributed by atoms with E-state index in [9.17, 15) is 13.2 Å². The molecule has 0 aromatic heterocycles. The van der Waals surface area contributed by atoms with Crippen LogP contribution >= 0.6 is 0 Å². The molecule has 0 aliphatic heterocycles. The van der Waals surface area contributed by atoms with Crippen molar-refractivity contribution in [2.24, 2.45) is 17.3 Å². The molecule has 0 aromatic rings. The molecule has 0 bridgehead atoms. The van der Waals surface area contributed by atoms with E-state index in [1.54, 1.807) is 6.92 Å². The van der Waals surface area contributed by atoms with Crippen molar-refractivity contribution < 1.29 is 13.2 Å². The Bertz CT molecular complexity index is 183. The molecule has 0 heterocycles. The Morgan fingerprint density at radius 3 is 2.15 bits per heavy atom. The molecule has 1 aliphatic carbocycles. The van der Waals surface area contributed by atoms with Crippen molar-refractivity contribution in [3.63, 3.8) is 0 Å². The number of halogens is 3.